The summed E-state index contributed by atoms with van der Waals surface area (Å²) in [6.07, 6.45) is 1.87. The molecule has 1 aromatic rings. The molecule has 0 N–H and O–H groups in total. The molecule has 0 aliphatic carbocycles. The number of halogens is 1. The summed E-state index contributed by atoms with van der Waals surface area (Å²) in [5, 5.41) is 0. The van der Waals surface area contributed by atoms with Crippen molar-refractivity contribution in [3.05, 3.63) is 48.6 Å². The van der Waals surface area contributed by atoms with Gasteiger partial charge in [0.15, 0.2) is 0 Å². The molecule has 0 nitrogen and oxygen atoms in total. The monoisotopic (exact) mass is 196 g/mol. The third kappa shape index (κ3) is 1.71. The van der Waals surface area contributed by atoms with Crippen LogP contribution in [0.15, 0.2) is 43.0 Å². The quantitative estimate of drug-likeness (QED) is 0.504. The molecule has 10 heavy (non-hydrogen) atoms. The Morgan fingerprint density at radius 2 is 1.90 bits per heavy atom. The molecule has 0 aromatic heterocycles. The minimum atomic E-state index is 0.286. The lowest BCUT2D eigenvalue weighted by molar-refractivity contribution is 1.26. The summed E-state index contributed by atoms with van der Waals surface area (Å²) in [6, 6.07) is 10.2. The number of alkyl halides is 1. The first-order valence-electron chi connectivity index (χ1n) is 3.16. The van der Waals surface area contributed by atoms with E-state index in [4.69, 9.17) is 0 Å². The molecule has 0 spiro atoms. The fourth-order valence-corrected chi connectivity index (χ4v) is 1.08. The van der Waals surface area contributed by atoms with Crippen molar-refractivity contribution in [3.8, 4) is 0 Å². The first-order chi connectivity index (χ1) is 4.84. The molecule has 0 radical (unpaired) electrons. The molecule has 52 valence electrons. The van der Waals surface area contributed by atoms with E-state index in [2.05, 4.69) is 34.6 Å². The molecule has 0 heterocycles. The Morgan fingerprint density at radius 3 is 2.40 bits per heavy atom. The van der Waals surface area contributed by atoms with Gasteiger partial charge in [0.2, 0.25) is 0 Å². The molecule has 0 aliphatic rings. The second-order valence-electron chi connectivity index (χ2n) is 2.05. The zero-order valence-electron chi connectivity index (χ0n) is 5.63. The predicted molar refractivity (Wildman–Crippen MR) is 48.3 cm³/mol. The van der Waals surface area contributed by atoms with Gasteiger partial charge in [-0.15, -0.1) is 6.58 Å². The highest BCUT2D eigenvalue weighted by Gasteiger charge is 1.98. The van der Waals surface area contributed by atoms with E-state index in [1.54, 1.807) is 0 Å². The van der Waals surface area contributed by atoms with Crippen LogP contribution in [-0.4, -0.2) is 0 Å². The fourth-order valence-electron chi connectivity index (χ4n) is 0.773. The van der Waals surface area contributed by atoms with Crippen LogP contribution in [0.1, 0.15) is 10.4 Å². The van der Waals surface area contributed by atoms with E-state index in [9.17, 15) is 0 Å². The molecule has 0 bridgehead atoms. The summed E-state index contributed by atoms with van der Waals surface area (Å²) in [5.41, 5.74) is 1.25. The molecule has 0 saturated carbocycles. The highest BCUT2D eigenvalue weighted by atomic mass is 79.9. The van der Waals surface area contributed by atoms with Gasteiger partial charge in [0.05, 0.1) is 4.83 Å². The molecule has 1 rings (SSSR count). The average molecular weight is 197 g/mol. The van der Waals surface area contributed by atoms with E-state index < -0.39 is 0 Å². The van der Waals surface area contributed by atoms with Gasteiger partial charge in [-0.1, -0.05) is 52.3 Å². The van der Waals surface area contributed by atoms with Crippen LogP contribution in [0.5, 0.6) is 0 Å². The highest BCUT2D eigenvalue weighted by Crippen LogP contribution is 2.22. The van der Waals surface area contributed by atoms with Gasteiger partial charge in [-0.05, 0) is 5.56 Å². The first-order valence-corrected chi connectivity index (χ1v) is 4.07. The lowest BCUT2D eigenvalue weighted by atomic mass is 10.2. The maximum absolute atomic E-state index is 3.69. The van der Waals surface area contributed by atoms with E-state index >= 15 is 0 Å². The molecule has 1 aromatic carbocycles. The van der Waals surface area contributed by atoms with Crippen molar-refractivity contribution in [2.75, 3.05) is 0 Å². The van der Waals surface area contributed by atoms with Crippen molar-refractivity contribution in [1.82, 2.24) is 0 Å². The maximum Gasteiger partial charge on any atom is 0.0572 e. The topological polar surface area (TPSA) is 0 Å². The first kappa shape index (κ1) is 7.55. The largest absolute Gasteiger partial charge is 0.102 e. The van der Waals surface area contributed by atoms with E-state index in [1.807, 2.05) is 24.3 Å². The summed E-state index contributed by atoms with van der Waals surface area (Å²) in [7, 11) is 0. The van der Waals surface area contributed by atoms with Crippen LogP contribution in [0.2, 0.25) is 0 Å². The Kier molecular flexibility index (Phi) is 2.69. The summed E-state index contributed by atoms with van der Waals surface area (Å²) in [6.45, 7) is 3.69. The van der Waals surface area contributed by atoms with Gasteiger partial charge >= 0.3 is 0 Å². The third-order valence-electron chi connectivity index (χ3n) is 1.32. The average Bonchev–Trinajstić information content (AvgIpc) is 2.05. The molecular weight excluding hydrogens is 188 g/mol. The van der Waals surface area contributed by atoms with Gasteiger partial charge in [-0.2, -0.15) is 0 Å². The van der Waals surface area contributed by atoms with Gasteiger partial charge in [-0.3, -0.25) is 0 Å². The van der Waals surface area contributed by atoms with Crippen molar-refractivity contribution >= 4 is 15.9 Å². The van der Waals surface area contributed by atoms with E-state index in [0.717, 1.165) is 0 Å². The summed E-state index contributed by atoms with van der Waals surface area (Å²) < 4.78 is 0. The van der Waals surface area contributed by atoms with Crippen LogP contribution < -0.4 is 0 Å². The van der Waals surface area contributed by atoms with Crippen LogP contribution in [0.25, 0.3) is 0 Å². The Labute approximate surface area is 69.7 Å². The maximum atomic E-state index is 3.69. The Bertz CT molecular complexity index is 203. The highest BCUT2D eigenvalue weighted by molar-refractivity contribution is 9.09. The Hall–Kier alpha value is -0.560. The number of benzene rings is 1. The molecule has 0 saturated heterocycles. The van der Waals surface area contributed by atoms with Gasteiger partial charge in [-0.25, -0.2) is 0 Å². The van der Waals surface area contributed by atoms with Crippen LogP contribution in [0, 0.1) is 0 Å². The van der Waals surface area contributed by atoms with Crippen molar-refractivity contribution in [2.24, 2.45) is 0 Å². The molecule has 1 heteroatoms. The molecule has 1 atom stereocenters. The van der Waals surface area contributed by atoms with Gasteiger partial charge in [0, 0.05) is 0 Å². The van der Waals surface area contributed by atoms with Gasteiger partial charge in [0.25, 0.3) is 0 Å². The number of hydrogen-bond donors (Lipinski definition) is 0. The van der Waals surface area contributed by atoms with E-state index in [0.29, 0.717) is 0 Å². The molecular formula is C9H9Br. The van der Waals surface area contributed by atoms with Crippen molar-refractivity contribution in [1.29, 1.82) is 0 Å². The van der Waals surface area contributed by atoms with Crippen LogP contribution in [0.4, 0.5) is 0 Å². The lowest BCUT2D eigenvalue weighted by Crippen LogP contribution is -1.81. The minimum absolute atomic E-state index is 0.286. The Balaban J connectivity index is 2.84. The van der Waals surface area contributed by atoms with Gasteiger partial charge < -0.3 is 0 Å². The lowest BCUT2D eigenvalue weighted by Gasteiger charge is -2.01. The van der Waals surface area contributed by atoms with E-state index in [1.165, 1.54) is 5.56 Å². The van der Waals surface area contributed by atoms with Crippen LogP contribution in [-0.2, 0) is 0 Å². The van der Waals surface area contributed by atoms with Crippen LogP contribution in [0.3, 0.4) is 0 Å². The summed E-state index contributed by atoms with van der Waals surface area (Å²) in [4.78, 5) is 0.286. The smallest absolute Gasteiger partial charge is 0.0572 e. The normalized spacial score (nSPS) is 12.5. The molecule has 0 aliphatic heterocycles. The number of rotatable bonds is 2. The molecule has 0 unspecified atom stereocenters. The number of hydrogen-bond acceptors (Lipinski definition) is 0. The van der Waals surface area contributed by atoms with E-state index in [-0.39, 0.29) is 4.83 Å². The zero-order valence-corrected chi connectivity index (χ0v) is 7.21. The fraction of sp³-hybridized carbons (Fsp3) is 0.111. The second-order valence-corrected chi connectivity index (χ2v) is 3.03. The SMILES string of the molecule is C=C[C@H](Br)c1ccccc1. The van der Waals surface area contributed by atoms with Gasteiger partial charge in [0.1, 0.15) is 0 Å². The summed E-state index contributed by atoms with van der Waals surface area (Å²) >= 11 is 3.47. The predicted octanol–water partition coefficient (Wildman–Crippen LogP) is 3.31. The second kappa shape index (κ2) is 3.57. The van der Waals surface area contributed by atoms with Crippen LogP contribution >= 0.6 is 15.9 Å². The standard InChI is InChI=1S/C9H9Br/c1-2-9(10)8-6-4-3-5-7-8/h2-7,9H,1H2/t9-/m0/s1. The zero-order chi connectivity index (χ0) is 7.40. The Morgan fingerprint density at radius 1 is 1.30 bits per heavy atom. The summed E-state index contributed by atoms with van der Waals surface area (Å²) in [5.74, 6) is 0. The van der Waals surface area contributed by atoms with Crippen molar-refractivity contribution < 1.29 is 0 Å². The molecule has 0 fully saturated rings. The van der Waals surface area contributed by atoms with Crippen molar-refractivity contribution in [2.45, 2.75) is 4.83 Å². The number of allylic oxidation sites excluding steroid dienone is 1. The molecule has 0 amide bonds. The van der Waals surface area contributed by atoms with Crippen molar-refractivity contribution in [3.63, 3.8) is 0 Å². The minimum Gasteiger partial charge on any atom is -0.102 e. The third-order valence-corrected chi connectivity index (χ3v) is 2.23.